The normalized spacial score (nSPS) is 29.2. The number of carbonyl (C=O) groups is 6. The number of hydroxylamine groups is 4. The van der Waals surface area contributed by atoms with Gasteiger partial charge in [-0.15, -0.1) is 5.06 Å². The number of aldehydes is 1. The lowest BCUT2D eigenvalue weighted by atomic mass is 9.61. The highest BCUT2D eigenvalue weighted by Crippen LogP contribution is 2.46. The van der Waals surface area contributed by atoms with Crippen LogP contribution in [0.5, 0.6) is 0 Å². The van der Waals surface area contributed by atoms with Crippen LogP contribution in [0.4, 0.5) is 0 Å². The third kappa shape index (κ3) is 2.93. The maximum atomic E-state index is 12.2. The smallest absolute Gasteiger partial charge is 0.330 e. The summed E-state index contributed by atoms with van der Waals surface area (Å²) in [5.74, 6) is -4.03. The van der Waals surface area contributed by atoms with Crippen LogP contribution in [0, 0.1) is 11.3 Å². The Morgan fingerprint density at radius 3 is 1.96 bits per heavy atom. The van der Waals surface area contributed by atoms with E-state index in [2.05, 4.69) is 0 Å². The Morgan fingerprint density at radius 1 is 1.00 bits per heavy atom. The van der Waals surface area contributed by atoms with E-state index in [0.29, 0.717) is 29.3 Å². The molecule has 2 unspecified atom stereocenters. The third-order valence-corrected chi connectivity index (χ3v) is 4.77. The van der Waals surface area contributed by atoms with Crippen LogP contribution in [-0.4, -0.2) is 52.6 Å². The van der Waals surface area contributed by atoms with Crippen LogP contribution in [0.3, 0.4) is 0 Å². The number of rotatable bonds is 6. The van der Waals surface area contributed by atoms with Gasteiger partial charge in [0.2, 0.25) is 0 Å². The Kier molecular flexibility index (Phi) is 4.38. The summed E-state index contributed by atoms with van der Waals surface area (Å²) >= 11 is 0. The second-order valence-electron chi connectivity index (χ2n) is 6.29. The second kappa shape index (κ2) is 6.36. The molecule has 0 aromatic heterocycles. The molecular formula is C15H16N2O8. The van der Waals surface area contributed by atoms with Gasteiger partial charge in [-0.2, -0.15) is 5.06 Å². The summed E-state index contributed by atoms with van der Waals surface area (Å²) in [7, 11) is 0. The molecular weight excluding hydrogens is 336 g/mol. The van der Waals surface area contributed by atoms with Crippen molar-refractivity contribution in [1.82, 2.24) is 10.1 Å². The minimum absolute atomic E-state index is 0.0299. The summed E-state index contributed by atoms with van der Waals surface area (Å²) in [6, 6.07) is 0. The maximum Gasteiger partial charge on any atom is 0.337 e. The molecule has 2 heterocycles. The predicted octanol–water partition coefficient (Wildman–Crippen LogP) is -0.730. The van der Waals surface area contributed by atoms with Crippen molar-refractivity contribution in [3.63, 3.8) is 0 Å². The summed E-state index contributed by atoms with van der Waals surface area (Å²) < 4.78 is 0. The Bertz CT molecular complexity index is 642. The summed E-state index contributed by atoms with van der Waals surface area (Å²) in [5, 5.41) is 1.03. The first-order valence-corrected chi connectivity index (χ1v) is 7.90. The Hall–Kier alpha value is -2.62. The van der Waals surface area contributed by atoms with Crippen molar-refractivity contribution in [1.29, 1.82) is 0 Å². The molecule has 1 saturated carbocycles. The first-order valence-electron chi connectivity index (χ1n) is 7.90. The highest BCUT2D eigenvalue weighted by atomic mass is 16.7. The molecule has 3 rings (SSSR count). The molecule has 2 saturated heterocycles. The number of hydrogen-bond acceptors (Lipinski definition) is 8. The van der Waals surface area contributed by atoms with Gasteiger partial charge in [0.25, 0.3) is 23.6 Å². The molecule has 2 atom stereocenters. The van der Waals surface area contributed by atoms with Gasteiger partial charge in [-0.25, -0.2) is 4.79 Å². The number of hydrogen-bond donors (Lipinski definition) is 0. The first-order chi connectivity index (χ1) is 11.9. The van der Waals surface area contributed by atoms with E-state index in [9.17, 15) is 28.8 Å². The molecule has 3 aliphatic rings. The minimum atomic E-state index is -1.26. The molecule has 0 spiro atoms. The van der Waals surface area contributed by atoms with Gasteiger partial charge >= 0.3 is 5.97 Å². The zero-order chi connectivity index (χ0) is 18.2. The summed E-state index contributed by atoms with van der Waals surface area (Å²) in [5.41, 5.74) is -1.26. The summed E-state index contributed by atoms with van der Waals surface area (Å²) in [6.07, 6.45) is 1.15. The molecule has 0 N–H and O–H groups in total. The van der Waals surface area contributed by atoms with Crippen LogP contribution < -0.4 is 0 Å². The highest BCUT2D eigenvalue weighted by Gasteiger charge is 2.54. The van der Waals surface area contributed by atoms with E-state index in [1.807, 2.05) is 0 Å². The molecule has 1 aliphatic carbocycles. The van der Waals surface area contributed by atoms with Crippen LogP contribution in [0.15, 0.2) is 0 Å². The van der Waals surface area contributed by atoms with E-state index in [1.165, 1.54) is 0 Å². The topological polar surface area (TPSA) is 127 Å². The molecule has 25 heavy (non-hydrogen) atoms. The van der Waals surface area contributed by atoms with Crippen molar-refractivity contribution in [3.8, 4) is 0 Å². The molecule has 3 fully saturated rings. The van der Waals surface area contributed by atoms with Crippen molar-refractivity contribution in [2.24, 2.45) is 11.3 Å². The zero-order valence-corrected chi connectivity index (χ0v) is 13.3. The van der Waals surface area contributed by atoms with Gasteiger partial charge in [-0.3, -0.25) is 24.0 Å². The van der Waals surface area contributed by atoms with E-state index in [0.717, 1.165) is 0 Å². The summed E-state index contributed by atoms with van der Waals surface area (Å²) in [6.45, 7) is -0.338. The van der Waals surface area contributed by atoms with E-state index in [-0.39, 0.29) is 32.3 Å². The number of imide groups is 2. The Balaban J connectivity index is 1.63. The molecule has 134 valence electrons. The molecule has 0 radical (unpaired) electrons. The minimum Gasteiger partial charge on any atom is -0.330 e. The van der Waals surface area contributed by atoms with Gasteiger partial charge < -0.3 is 9.63 Å². The van der Waals surface area contributed by atoms with Crippen molar-refractivity contribution >= 4 is 35.9 Å². The third-order valence-electron chi connectivity index (χ3n) is 4.77. The standard InChI is InChI=1S/C15H16N2O8/c18-7-15(8-24-16-10(19)1-2-11(16)20)6-5-9(15)14(23)25-17-12(21)3-4-13(17)22/h7,9H,1-6,8H2. The summed E-state index contributed by atoms with van der Waals surface area (Å²) in [4.78, 5) is 79.9. The maximum absolute atomic E-state index is 12.2. The molecule has 0 aromatic carbocycles. The molecule has 10 nitrogen and oxygen atoms in total. The quantitative estimate of drug-likeness (QED) is 0.452. The fourth-order valence-corrected chi connectivity index (χ4v) is 3.06. The van der Waals surface area contributed by atoms with Gasteiger partial charge in [-0.05, 0) is 12.8 Å². The zero-order valence-electron chi connectivity index (χ0n) is 13.3. The SMILES string of the molecule is O=CC1(CON2C(=O)CCC2=O)CCC1C(=O)ON1C(=O)CCC1=O. The molecule has 4 amide bonds. The largest absolute Gasteiger partial charge is 0.337 e. The van der Waals surface area contributed by atoms with Crippen LogP contribution in [-0.2, 0) is 38.4 Å². The van der Waals surface area contributed by atoms with Crippen molar-refractivity contribution in [2.75, 3.05) is 6.61 Å². The van der Waals surface area contributed by atoms with Gasteiger partial charge in [0.05, 0.1) is 17.9 Å². The molecule has 10 heteroatoms. The van der Waals surface area contributed by atoms with Crippen molar-refractivity contribution in [2.45, 2.75) is 38.5 Å². The molecule has 0 aromatic rings. The lowest BCUT2D eigenvalue weighted by Gasteiger charge is -2.43. The highest BCUT2D eigenvalue weighted by molar-refractivity contribution is 6.02. The van der Waals surface area contributed by atoms with Gasteiger partial charge in [0.1, 0.15) is 6.29 Å². The molecule has 2 aliphatic heterocycles. The van der Waals surface area contributed by atoms with E-state index >= 15 is 0 Å². The number of carbonyl (C=O) groups excluding carboxylic acids is 6. The van der Waals surface area contributed by atoms with Crippen molar-refractivity contribution < 1.29 is 38.4 Å². The van der Waals surface area contributed by atoms with Gasteiger partial charge in [0.15, 0.2) is 0 Å². The van der Waals surface area contributed by atoms with Gasteiger partial charge in [0, 0.05) is 25.7 Å². The van der Waals surface area contributed by atoms with Crippen LogP contribution in [0.2, 0.25) is 0 Å². The lowest BCUT2D eigenvalue weighted by Crippen LogP contribution is -2.52. The van der Waals surface area contributed by atoms with Crippen LogP contribution in [0.1, 0.15) is 38.5 Å². The van der Waals surface area contributed by atoms with E-state index < -0.39 is 40.9 Å². The van der Waals surface area contributed by atoms with Gasteiger partial charge in [-0.1, -0.05) is 0 Å². The van der Waals surface area contributed by atoms with E-state index in [4.69, 9.17) is 9.68 Å². The fourth-order valence-electron chi connectivity index (χ4n) is 3.06. The first kappa shape index (κ1) is 17.2. The monoisotopic (exact) mass is 352 g/mol. The predicted molar refractivity (Wildman–Crippen MR) is 75.4 cm³/mol. The average molecular weight is 352 g/mol. The average Bonchev–Trinajstić information content (AvgIpc) is 3.04. The number of amides is 4. The fraction of sp³-hybridized carbons (Fsp3) is 0.600. The van der Waals surface area contributed by atoms with Crippen LogP contribution in [0.25, 0.3) is 0 Å². The van der Waals surface area contributed by atoms with Crippen molar-refractivity contribution in [3.05, 3.63) is 0 Å². The Morgan fingerprint density at radius 2 is 1.52 bits per heavy atom. The van der Waals surface area contributed by atoms with E-state index in [1.54, 1.807) is 0 Å². The molecule has 0 bridgehead atoms. The lowest BCUT2D eigenvalue weighted by molar-refractivity contribution is -0.219. The van der Waals surface area contributed by atoms with Crippen LogP contribution >= 0.6 is 0 Å². The number of nitrogens with zero attached hydrogens (tertiary/aromatic N) is 2. The Labute approximate surface area is 141 Å². The second-order valence-corrected chi connectivity index (χ2v) is 6.29.